The van der Waals surface area contributed by atoms with Crippen LogP contribution in [0.15, 0.2) is 41.8 Å². The Morgan fingerprint density at radius 2 is 2.05 bits per heavy atom. The van der Waals surface area contributed by atoms with Gasteiger partial charge in [0.2, 0.25) is 5.91 Å². The maximum Gasteiger partial charge on any atom is 0.336 e. The van der Waals surface area contributed by atoms with E-state index in [2.05, 4.69) is 10.3 Å². The van der Waals surface area contributed by atoms with E-state index >= 15 is 0 Å². The number of rotatable bonds is 3. The Balaban J connectivity index is 2.21. The zero-order valence-corrected chi connectivity index (χ0v) is 12.5. The summed E-state index contributed by atoms with van der Waals surface area (Å²) in [6, 6.07) is 10.4. The van der Waals surface area contributed by atoms with Crippen LogP contribution in [0.5, 0.6) is 0 Å². The maximum atomic E-state index is 11.6. The molecule has 3 rings (SSSR count). The summed E-state index contributed by atoms with van der Waals surface area (Å²) in [6.45, 7) is 1.40. The van der Waals surface area contributed by atoms with Crippen LogP contribution in [0.2, 0.25) is 0 Å². The first kappa shape index (κ1) is 14.2. The van der Waals surface area contributed by atoms with E-state index in [9.17, 15) is 14.7 Å². The second-order valence-corrected chi connectivity index (χ2v) is 5.70. The fourth-order valence-corrected chi connectivity index (χ4v) is 2.92. The second-order valence-electron chi connectivity index (χ2n) is 4.75. The normalized spacial score (nSPS) is 10.6. The lowest BCUT2D eigenvalue weighted by atomic mass is 10.1. The molecule has 3 aromatic rings. The van der Waals surface area contributed by atoms with Crippen molar-refractivity contribution in [1.82, 2.24) is 4.98 Å². The van der Waals surface area contributed by atoms with E-state index in [0.29, 0.717) is 22.3 Å². The molecular formula is C16H12N2O3S. The van der Waals surface area contributed by atoms with Crippen molar-refractivity contribution in [2.24, 2.45) is 0 Å². The molecule has 0 saturated heterocycles. The third kappa shape index (κ3) is 2.68. The largest absolute Gasteiger partial charge is 0.478 e. The number of carbonyl (C=O) groups excluding carboxylic acids is 1. The van der Waals surface area contributed by atoms with Crippen LogP contribution in [0.25, 0.3) is 21.5 Å². The Morgan fingerprint density at radius 3 is 2.68 bits per heavy atom. The molecule has 0 radical (unpaired) electrons. The van der Waals surface area contributed by atoms with E-state index in [0.717, 1.165) is 4.88 Å². The molecular weight excluding hydrogens is 300 g/mol. The van der Waals surface area contributed by atoms with Gasteiger partial charge >= 0.3 is 5.97 Å². The molecule has 6 heteroatoms. The van der Waals surface area contributed by atoms with E-state index in [1.54, 1.807) is 24.3 Å². The van der Waals surface area contributed by atoms with Crippen molar-refractivity contribution in [1.29, 1.82) is 0 Å². The second kappa shape index (κ2) is 5.57. The van der Waals surface area contributed by atoms with Crippen molar-refractivity contribution in [2.45, 2.75) is 6.92 Å². The van der Waals surface area contributed by atoms with Gasteiger partial charge in [-0.25, -0.2) is 9.78 Å². The van der Waals surface area contributed by atoms with Crippen molar-refractivity contribution in [2.75, 3.05) is 5.32 Å². The molecule has 5 nitrogen and oxygen atoms in total. The zero-order valence-electron chi connectivity index (χ0n) is 11.7. The van der Waals surface area contributed by atoms with Crippen molar-refractivity contribution >= 4 is 39.8 Å². The zero-order chi connectivity index (χ0) is 15.7. The number of hydrogen-bond acceptors (Lipinski definition) is 4. The van der Waals surface area contributed by atoms with E-state index in [-0.39, 0.29) is 11.5 Å². The highest BCUT2D eigenvalue weighted by molar-refractivity contribution is 7.13. The first-order valence-corrected chi connectivity index (χ1v) is 7.42. The number of pyridine rings is 1. The first-order chi connectivity index (χ1) is 10.5. The van der Waals surface area contributed by atoms with Crippen molar-refractivity contribution in [3.05, 3.63) is 47.3 Å². The molecule has 0 aliphatic carbocycles. The van der Waals surface area contributed by atoms with Gasteiger partial charge in [-0.05, 0) is 35.7 Å². The van der Waals surface area contributed by atoms with E-state index < -0.39 is 5.97 Å². The molecule has 0 aliphatic rings. The van der Waals surface area contributed by atoms with Crippen LogP contribution < -0.4 is 5.32 Å². The maximum absolute atomic E-state index is 11.6. The Morgan fingerprint density at radius 1 is 1.23 bits per heavy atom. The number of carboxylic acid groups (broad SMARTS) is 1. The van der Waals surface area contributed by atoms with Crippen molar-refractivity contribution in [3.63, 3.8) is 0 Å². The summed E-state index contributed by atoms with van der Waals surface area (Å²) in [5.74, 6) is -1.23. The number of hydrogen-bond donors (Lipinski definition) is 2. The lowest BCUT2D eigenvalue weighted by Gasteiger charge is -2.08. The summed E-state index contributed by atoms with van der Waals surface area (Å²) >= 11 is 1.50. The molecule has 22 heavy (non-hydrogen) atoms. The smallest absolute Gasteiger partial charge is 0.336 e. The van der Waals surface area contributed by atoms with Gasteiger partial charge in [0.05, 0.1) is 21.7 Å². The average Bonchev–Trinajstić information content (AvgIpc) is 2.99. The third-order valence-corrected chi connectivity index (χ3v) is 4.03. The van der Waals surface area contributed by atoms with Crippen LogP contribution in [0, 0.1) is 0 Å². The number of aromatic carboxylic acids is 1. The predicted molar refractivity (Wildman–Crippen MR) is 86.3 cm³/mol. The standard InChI is InChI=1S/C16H12N2O3S/c1-9(19)17-10-4-5-13-11(7-10)12(16(20)21)8-14(18-13)15-3-2-6-22-15/h2-8H,1H3,(H,17,19)(H,20,21). The predicted octanol–water partition coefficient (Wildman–Crippen LogP) is 3.62. The summed E-state index contributed by atoms with van der Waals surface area (Å²) in [6.07, 6.45) is 0. The Hall–Kier alpha value is -2.73. The van der Waals surface area contributed by atoms with Gasteiger partial charge in [-0.2, -0.15) is 0 Å². The van der Waals surface area contributed by atoms with Gasteiger partial charge in [0.15, 0.2) is 0 Å². The number of anilines is 1. The van der Waals surface area contributed by atoms with Gasteiger partial charge < -0.3 is 10.4 Å². The van der Waals surface area contributed by atoms with Crippen molar-refractivity contribution in [3.8, 4) is 10.6 Å². The van der Waals surface area contributed by atoms with Crippen LogP contribution in [0.1, 0.15) is 17.3 Å². The molecule has 1 aromatic carbocycles. The Kier molecular flexibility index (Phi) is 3.60. The SMILES string of the molecule is CC(=O)Nc1ccc2nc(-c3cccs3)cc(C(=O)O)c2c1. The van der Waals surface area contributed by atoms with Crippen LogP contribution in [0.4, 0.5) is 5.69 Å². The minimum absolute atomic E-state index is 0.167. The number of amides is 1. The van der Waals surface area contributed by atoms with Gasteiger partial charge in [0, 0.05) is 18.0 Å². The number of aromatic nitrogens is 1. The number of nitrogens with one attached hydrogen (secondary N) is 1. The molecule has 110 valence electrons. The summed E-state index contributed by atoms with van der Waals surface area (Å²) in [5, 5.41) is 14.5. The molecule has 0 saturated carbocycles. The fourth-order valence-electron chi connectivity index (χ4n) is 2.23. The number of nitrogens with zero attached hydrogens (tertiary/aromatic N) is 1. The number of benzene rings is 1. The third-order valence-electron chi connectivity index (χ3n) is 3.13. The molecule has 0 fully saturated rings. The molecule has 0 spiro atoms. The molecule has 0 unspecified atom stereocenters. The molecule has 0 aliphatic heterocycles. The Bertz CT molecular complexity index is 872. The number of carboxylic acids is 1. The minimum Gasteiger partial charge on any atom is -0.478 e. The van der Waals surface area contributed by atoms with Gasteiger partial charge in [-0.15, -0.1) is 11.3 Å². The average molecular weight is 312 g/mol. The Labute approximate surface area is 130 Å². The number of carbonyl (C=O) groups is 2. The van der Waals surface area contributed by atoms with Crippen LogP contribution in [0.3, 0.4) is 0 Å². The molecule has 1 amide bonds. The summed E-state index contributed by atoms with van der Waals surface area (Å²) < 4.78 is 0. The van der Waals surface area contributed by atoms with Gasteiger partial charge in [-0.1, -0.05) is 6.07 Å². The molecule has 2 aromatic heterocycles. The quantitative estimate of drug-likeness (QED) is 0.774. The van der Waals surface area contributed by atoms with Crippen LogP contribution in [-0.2, 0) is 4.79 Å². The van der Waals surface area contributed by atoms with Crippen molar-refractivity contribution < 1.29 is 14.7 Å². The lowest BCUT2D eigenvalue weighted by molar-refractivity contribution is -0.114. The first-order valence-electron chi connectivity index (χ1n) is 6.54. The number of thiophene rings is 1. The van der Waals surface area contributed by atoms with E-state index in [1.165, 1.54) is 18.3 Å². The van der Waals surface area contributed by atoms with Gasteiger partial charge in [0.25, 0.3) is 0 Å². The van der Waals surface area contributed by atoms with Crippen LogP contribution in [-0.4, -0.2) is 22.0 Å². The summed E-state index contributed by atoms with van der Waals surface area (Å²) in [5.41, 5.74) is 1.93. The topological polar surface area (TPSA) is 79.3 Å². The van der Waals surface area contributed by atoms with E-state index in [4.69, 9.17) is 0 Å². The fraction of sp³-hybridized carbons (Fsp3) is 0.0625. The monoisotopic (exact) mass is 312 g/mol. The highest BCUT2D eigenvalue weighted by Crippen LogP contribution is 2.29. The molecule has 2 heterocycles. The highest BCUT2D eigenvalue weighted by atomic mass is 32.1. The highest BCUT2D eigenvalue weighted by Gasteiger charge is 2.14. The summed E-state index contributed by atoms with van der Waals surface area (Å²) in [4.78, 5) is 28.1. The molecule has 0 bridgehead atoms. The van der Waals surface area contributed by atoms with Gasteiger partial charge in [0.1, 0.15) is 0 Å². The van der Waals surface area contributed by atoms with E-state index in [1.807, 2.05) is 17.5 Å². The van der Waals surface area contributed by atoms with Gasteiger partial charge in [-0.3, -0.25) is 4.79 Å². The minimum atomic E-state index is -1.02. The number of fused-ring (bicyclic) bond motifs is 1. The summed E-state index contributed by atoms with van der Waals surface area (Å²) in [7, 11) is 0. The lowest BCUT2D eigenvalue weighted by Crippen LogP contribution is -2.06. The molecule has 0 atom stereocenters. The molecule has 2 N–H and O–H groups in total. The van der Waals surface area contributed by atoms with Crippen LogP contribution >= 0.6 is 11.3 Å².